The molecule has 1 N–H and O–H groups in total. The predicted octanol–water partition coefficient (Wildman–Crippen LogP) is 4.07. The van der Waals surface area contributed by atoms with Crippen molar-refractivity contribution in [2.75, 3.05) is 26.6 Å². The normalized spacial score (nSPS) is 13.4. The average Bonchev–Trinajstić information content (AvgIpc) is 3.17. The number of nitrogens with zero attached hydrogens (tertiary/aromatic N) is 2. The van der Waals surface area contributed by atoms with E-state index in [2.05, 4.69) is 0 Å². The van der Waals surface area contributed by atoms with Crippen LogP contribution in [0.3, 0.4) is 0 Å². The summed E-state index contributed by atoms with van der Waals surface area (Å²) in [4.78, 5) is 20.7. The summed E-state index contributed by atoms with van der Waals surface area (Å²) < 4.78 is 12.6. The smallest absolute Gasteiger partial charge is 0.263 e. The molecule has 0 radical (unpaired) electrons. The molecule has 8 heteroatoms. The number of ether oxygens (including phenoxy) is 2. The van der Waals surface area contributed by atoms with Crippen molar-refractivity contribution in [2.24, 2.45) is 0 Å². The highest BCUT2D eigenvalue weighted by Gasteiger charge is 2.22. The van der Waals surface area contributed by atoms with Crippen LogP contribution in [0, 0.1) is 0 Å². The lowest BCUT2D eigenvalue weighted by molar-refractivity contribution is 0.296. The van der Waals surface area contributed by atoms with Crippen molar-refractivity contribution in [1.29, 1.82) is 0 Å². The predicted molar refractivity (Wildman–Crippen MR) is 126 cm³/mol. The molecular formula is C23H28N2O4S2. The van der Waals surface area contributed by atoms with Gasteiger partial charge in [0.15, 0.2) is 16.7 Å². The Morgan fingerprint density at radius 1 is 1.19 bits per heavy atom. The quantitative estimate of drug-likeness (QED) is 0.295. The van der Waals surface area contributed by atoms with Gasteiger partial charge in [-0.1, -0.05) is 17.8 Å². The van der Waals surface area contributed by atoms with Gasteiger partial charge in [0.05, 0.1) is 19.6 Å². The summed E-state index contributed by atoms with van der Waals surface area (Å²) >= 11 is 3.23. The molecular weight excluding hydrogens is 432 g/mol. The maximum Gasteiger partial charge on any atom is 0.263 e. The van der Waals surface area contributed by atoms with E-state index in [9.17, 15) is 9.90 Å². The Kier molecular flexibility index (Phi) is 7.20. The second-order valence-electron chi connectivity index (χ2n) is 7.61. The highest BCUT2D eigenvalue weighted by atomic mass is 32.2. The summed E-state index contributed by atoms with van der Waals surface area (Å²) in [6, 6.07) is 5.86. The van der Waals surface area contributed by atoms with Crippen molar-refractivity contribution >= 4 is 33.3 Å². The number of hydrogen-bond acceptors (Lipinski definition) is 7. The number of thiophene rings is 1. The SMILES string of the molecule is COc1ccc(CCn2c(SCCCO)nc3sc4c(c3c2=O)CCCC4)cc1OC. The first-order valence-electron chi connectivity index (χ1n) is 10.7. The summed E-state index contributed by atoms with van der Waals surface area (Å²) in [6.45, 7) is 0.682. The fourth-order valence-corrected chi connectivity index (χ4v) is 6.28. The largest absolute Gasteiger partial charge is 0.493 e. The van der Waals surface area contributed by atoms with Gasteiger partial charge in [-0.3, -0.25) is 9.36 Å². The van der Waals surface area contributed by atoms with Crippen LogP contribution in [0.4, 0.5) is 0 Å². The lowest BCUT2D eigenvalue weighted by atomic mass is 9.97. The minimum absolute atomic E-state index is 0.0661. The number of benzene rings is 1. The molecule has 0 saturated carbocycles. The fraction of sp³-hybridized carbons (Fsp3) is 0.478. The molecule has 0 amide bonds. The van der Waals surface area contributed by atoms with Gasteiger partial charge in [0.2, 0.25) is 0 Å². The van der Waals surface area contributed by atoms with Crippen LogP contribution < -0.4 is 15.0 Å². The number of aliphatic hydroxyl groups is 1. The number of thioether (sulfide) groups is 1. The Morgan fingerprint density at radius 3 is 2.77 bits per heavy atom. The monoisotopic (exact) mass is 460 g/mol. The maximum absolute atomic E-state index is 13.6. The van der Waals surface area contributed by atoms with E-state index in [0.29, 0.717) is 30.9 Å². The number of hydrogen-bond donors (Lipinski definition) is 1. The van der Waals surface area contributed by atoms with Gasteiger partial charge in [-0.2, -0.15) is 0 Å². The van der Waals surface area contributed by atoms with Crippen LogP contribution in [0.5, 0.6) is 11.5 Å². The molecule has 0 aliphatic heterocycles. The molecule has 6 nitrogen and oxygen atoms in total. The first-order chi connectivity index (χ1) is 15.2. The van der Waals surface area contributed by atoms with E-state index >= 15 is 0 Å². The molecule has 0 atom stereocenters. The van der Waals surface area contributed by atoms with E-state index in [4.69, 9.17) is 14.5 Å². The van der Waals surface area contributed by atoms with E-state index in [1.54, 1.807) is 37.3 Å². The third kappa shape index (κ3) is 4.61. The summed E-state index contributed by atoms with van der Waals surface area (Å²) in [5.41, 5.74) is 2.36. The van der Waals surface area contributed by atoms with Gasteiger partial charge in [-0.25, -0.2) is 4.98 Å². The van der Waals surface area contributed by atoms with E-state index in [0.717, 1.165) is 46.0 Å². The standard InChI is InChI=1S/C23H28N2O4S2/c1-28-17-9-8-15(14-18(17)29-2)10-11-25-22(27)20-16-6-3-4-7-19(16)31-21(20)24-23(25)30-13-5-12-26/h8-9,14,26H,3-7,10-13H2,1-2H3. The molecule has 2 heterocycles. The van der Waals surface area contributed by atoms with Gasteiger partial charge in [-0.15, -0.1) is 11.3 Å². The zero-order valence-electron chi connectivity index (χ0n) is 18.0. The van der Waals surface area contributed by atoms with Crippen LogP contribution in [0.1, 0.15) is 35.3 Å². The minimum Gasteiger partial charge on any atom is -0.493 e. The molecule has 1 aliphatic carbocycles. The maximum atomic E-state index is 13.6. The zero-order chi connectivity index (χ0) is 21.8. The molecule has 0 saturated heterocycles. The van der Waals surface area contributed by atoms with Gasteiger partial charge < -0.3 is 14.6 Å². The van der Waals surface area contributed by atoms with Gasteiger partial charge >= 0.3 is 0 Å². The Morgan fingerprint density at radius 2 is 2.00 bits per heavy atom. The van der Waals surface area contributed by atoms with E-state index in [1.807, 2.05) is 22.8 Å². The van der Waals surface area contributed by atoms with Crippen molar-refractivity contribution in [3.63, 3.8) is 0 Å². The molecule has 1 aliphatic rings. The number of aromatic nitrogens is 2. The van der Waals surface area contributed by atoms with Crippen molar-refractivity contribution in [1.82, 2.24) is 9.55 Å². The van der Waals surface area contributed by atoms with Crippen molar-refractivity contribution in [3.8, 4) is 11.5 Å². The Labute approximate surface area is 190 Å². The second kappa shape index (κ2) is 10.1. The van der Waals surface area contributed by atoms with Crippen molar-refractivity contribution in [2.45, 2.75) is 50.2 Å². The van der Waals surface area contributed by atoms with Crippen LogP contribution in [0.15, 0.2) is 28.2 Å². The molecule has 0 unspecified atom stereocenters. The highest BCUT2D eigenvalue weighted by Crippen LogP contribution is 2.35. The van der Waals surface area contributed by atoms with Gasteiger partial charge in [-0.05, 0) is 61.8 Å². The fourth-order valence-electron chi connectivity index (χ4n) is 4.03. The number of fused-ring (bicyclic) bond motifs is 3. The van der Waals surface area contributed by atoms with E-state index < -0.39 is 0 Å². The molecule has 1 aromatic carbocycles. The zero-order valence-corrected chi connectivity index (χ0v) is 19.6. The molecule has 4 rings (SSSR count). The Balaban J connectivity index is 1.69. The molecule has 0 spiro atoms. The van der Waals surface area contributed by atoms with Crippen LogP contribution in [-0.2, 0) is 25.8 Å². The molecule has 0 bridgehead atoms. The number of aryl methyl sites for hydroxylation is 3. The summed E-state index contributed by atoms with van der Waals surface area (Å²) in [6.07, 6.45) is 5.71. The summed E-state index contributed by atoms with van der Waals surface area (Å²) in [7, 11) is 3.25. The highest BCUT2D eigenvalue weighted by molar-refractivity contribution is 7.99. The average molecular weight is 461 g/mol. The van der Waals surface area contributed by atoms with Crippen LogP contribution in [0.2, 0.25) is 0 Å². The molecule has 2 aromatic heterocycles. The first kappa shape index (κ1) is 22.2. The molecule has 0 fully saturated rings. The topological polar surface area (TPSA) is 73.6 Å². The van der Waals surface area contributed by atoms with Gasteiger partial charge in [0, 0.05) is 23.8 Å². The second-order valence-corrected chi connectivity index (χ2v) is 9.75. The summed E-state index contributed by atoms with van der Waals surface area (Å²) in [5.74, 6) is 2.11. The first-order valence-corrected chi connectivity index (χ1v) is 12.5. The number of aliphatic hydroxyl groups excluding tert-OH is 1. The third-order valence-electron chi connectivity index (χ3n) is 5.65. The minimum atomic E-state index is 0.0661. The molecule has 31 heavy (non-hydrogen) atoms. The van der Waals surface area contributed by atoms with Crippen LogP contribution in [-0.4, -0.2) is 41.2 Å². The summed E-state index contributed by atoms with van der Waals surface area (Å²) in [5, 5.41) is 10.7. The lowest BCUT2D eigenvalue weighted by Crippen LogP contribution is -2.25. The van der Waals surface area contributed by atoms with Crippen LogP contribution in [0.25, 0.3) is 10.2 Å². The van der Waals surface area contributed by atoms with Crippen LogP contribution >= 0.6 is 23.1 Å². The van der Waals surface area contributed by atoms with Gasteiger partial charge in [0.25, 0.3) is 5.56 Å². The molecule has 166 valence electrons. The van der Waals surface area contributed by atoms with E-state index in [1.165, 1.54) is 16.9 Å². The van der Waals surface area contributed by atoms with Gasteiger partial charge in [0.1, 0.15) is 4.83 Å². The third-order valence-corrected chi connectivity index (χ3v) is 7.89. The van der Waals surface area contributed by atoms with Crippen molar-refractivity contribution < 1.29 is 14.6 Å². The van der Waals surface area contributed by atoms with Crippen molar-refractivity contribution in [3.05, 3.63) is 44.6 Å². The van der Waals surface area contributed by atoms with E-state index in [-0.39, 0.29) is 12.2 Å². The Bertz CT molecular complexity index is 1120. The Hall–Kier alpha value is -2.03. The number of methoxy groups -OCH3 is 2. The lowest BCUT2D eigenvalue weighted by Gasteiger charge is -2.14. The molecule has 3 aromatic rings. The number of rotatable bonds is 9.